The van der Waals surface area contributed by atoms with Crippen molar-refractivity contribution in [3.8, 4) is 0 Å². The molecule has 0 amide bonds. The van der Waals surface area contributed by atoms with Gasteiger partial charge in [0, 0.05) is 31.1 Å². The summed E-state index contributed by atoms with van der Waals surface area (Å²) < 4.78 is 0. The average Bonchev–Trinajstić information content (AvgIpc) is 2.45. The van der Waals surface area contributed by atoms with Crippen molar-refractivity contribution in [2.75, 3.05) is 5.32 Å². The fraction of sp³-hybridized carbons (Fsp3) is 0.0833. The Morgan fingerprint density at radius 1 is 1.35 bits per heavy atom. The number of rotatable bonds is 5. The van der Waals surface area contributed by atoms with Gasteiger partial charge < -0.3 is 10.4 Å². The van der Waals surface area contributed by atoms with Crippen LogP contribution in [0.25, 0.3) is 0 Å². The van der Waals surface area contributed by atoms with Crippen LogP contribution in [0.15, 0.2) is 36.7 Å². The maximum Gasteiger partial charge on any atom is 0.358 e. The predicted molar refractivity (Wildman–Crippen MR) is 69.4 cm³/mol. The van der Waals surface area contributed by atoms with Crippen molar-refractivity contribution in [2.24, 2.45) is 0 Å². The van der Waals surface area contributed by atoms with E-state index in [-0.39, 0.29) is 23.7 Å². The lowest BCUT2D eigenvalue weighted by atomic mass is 10.2. The summed E-state index contributed by atoms with van der Waals surface area (Å²) in [6.45, 7) is 0.209. The molecule has 8 heteroatoms. The first kappa shape index (κ1) is 13.4. The molecule has 0 atom stereocenters. The van der Waals surface area contributed by atoms with Crippen molar-refractivity contribution in [2.45, 2.75) is 6.54 Å². The quantitative estimate of drug-likeness (QED) is 0.629. The number of nitrogens with zero attached hydrogens (tertiary/aromatic N) is 3. The first-order valence-electron chi connectivity index (χ1n) is 5.59. The van der Waals surface area contributed by atoms with Crippen molar-refractivity contribution in [1.82, 2.24) is 9.97 Å². The van der Waals surface area contributed by atoms with Crippen molar-refractivity contribution >= 4 is 17.5 Å². The molecule has 0 fully saturated rings. The van der Waals surface area contributed by atoms with Crippen LogP contribution in [0.2, 0.25) is 0 Å². The van der Waals surface area contributed by atoms with Crippen LogP contribution in [-0.4, -0.2) is 26.0 Å². The fourth-order valence-electron chi connectivity index (χ4n) is 1.59. The van der Waals surface area contributed by atoms with Gasteiger partial charge in [0.05, 0.1) is 4.92 Å². The van der Waals surface area contributed by atoms with E-state index in [0.29, 0.717) is 5.56 Å². The van der Waals surface area contributed by atoms with Crippen LogP contribution in [0, 0.1) is 10.1 Å². The second-order valence-electron chi connectivity index (χ2n) is 3.84. The van der Waals surface area contributed by atoms with Gasteiger partial charge in [-0.15, -0.1) is 0 Å². The minimum absolute atomic E-state index is 0.0260. The van der Waals surface area contributed by atoms with Gasteiger partial charge in [-0.1, -0.05) is 12.1 Å². The van der Waals surface area contributed by atoms with Gasteiger partial charge >= 0.3 is 5.97 Å². The highest BCUT2D eigenvalue weighted by Crippen LogP contribution is 2.15. The van der Waals surface area contributed by atoms with Crippen LogP contribution in [-0.2, 0) is 6.54 Å². The maximum absolute atomic E-state index is 10.9. The summed E-state index contributed by atoms with van der Waals surface area (Å²) in [7, 11) is 0. The number of nitro groups is 1. The van der Waals surface area contributed by atoms with Gasteiger partial charge in [-0.05, 0) is 5.56 Å². The van der Waals surface area contributed by atoms with E-state index in [1.165, 1.54) is 24.5 Å². The van der Waals surface area contributed by atoms with E-state index in [1.807, 2.05) is 0 Å². The molecule has 2 aromatic rings. The zero-order valence-electron chi connectivity index (χ0n) is 10.2. The standard InChI is InChI=1S/C12H10N4O4/c17-12(18)10-11(14-5-4-13-10)15-7-8-2-1-3-9(6-8)16(19)20/h1-6H,7H2,(H,14,15)(H,17,18). The Kier molecular flexibility index (Phi) is 3.85. The second-order valence-corrected chi connectivity index (χ2v) is 3.84. The number of nitrogens with one attached hydrogen (secondary N) is 1. The Balaban J connectivity index is 2.15. The topological polar surface area (TPSA) is 118 Å². The van der Waals surface area contributed by atoms with Crippen molar-refractivity contribution in [1.29, 1.82) is 0 Å². The van der Waals surface area contributed by atoms with Gasteiger partial charge in [-0.3, -0.25) is 10.1 Å². The summed E-state index contributed by atoms with van der Waals surface area (Å²) in [5.74, 6) is -1.08. The normalized spacial score (nSPS) is 10.0. The third-order valence-electron chi connectivity index (χ3n) is 2.48. The minimum Gasteiger partial charge on any atom is -0.476 e. The number of aromatic nitrogens is 2. The molecule has 0 bridgehead atoms. The van der Waals surface area contributed by atoms with E-state index in [2.05, 4.69) is 15.3 Å². The maximum atomic E-state index is 10.9. The Labute approximate surface area is 113 Å². The minimum atomic E-state index is -1.19. The number of carboxylic acids is 1. The number of carboxylic acid groups (broad SMARTS) is 1. The highest BCUT2D eigenvalue weighted by Gasteiger charge is 2.12. The molecule has 0 unspecified atom stereocenters. The lowest BCUT2D eigenvalue weighted by Crippen LogP contribution is -2.10. The van der Waals surface area contributed by atoms with Gasteiger partial charge in [0.1, 0.15) is 0 Å². The highest BCUT2D eigenvalue weighted by atomic mass is 16.6. The first-order valence-corrected chi connectivity index (χ1v) is 5.59. The summed E-state index contributed by atoms with van der Waals surface area (Å²) in [5, 5.41) is 22.4. The average molecular weight is 274 g/mol. The Hall–Kier alpha value is -3.03. The van der Waals surface area contributed by atoms with Crippen LogP contribution < -0.4 is 5.32 Å². The zero-order chi connectivity index (χ0) is 14.5. The van der Waals surface area contributed by atoms with Crippen LogP contribution in [0.3, 0.4) is 0 Å². The van der Waals surface area contributed by atoms with Crippen molar-refractivity contribution < 1.29 is 14.8 Å². The van der Waals surface area contributed by atoms with E-state index < -0.39 is 10.9 Å². The van der Waals surface area contributed by atoms with E-state index in [1.54, 1.807) is 12.1 Å². The molecule has 1 aromatic carbocycles. The number of anilines is 1. The molecular weight excluding hydrogens is 264 g/mol. The molecule has 1 aromatic heterocycles. The molecule has 2 rings (SSSR count). The smallest absolute Gasteiger partial charge is 0.358 e. The molecule has 1 heterocycles. The van der Waals surface area contributed by atoms with E-state index in [0.717, 1.165) is 0 Å². The van der Waals surface area contributed by atoms with Gasteiger partial charge in [0.2, 0.25) is 0 Å². The van der Waals surface area contributed by atoms with Crippen molar-refractivity contribution in [3.63, 3.8) is 0 Å². The number of non-ortho nitro benzene ring substituents is 1. The highest BCUT2D eigenvalue weighted by molar-refractivity contribution is 5.90. The molecule has 2 N–H and O–H groups in total. The number of benzene rings is 1. The summed E-state index contributed by atoms with van der Waals surface area (Å²) in [5.41, 5.74) is 0.418. The number of carbonyl (C=O) groups is 1. The predicted octanol–water partition coefficient (Wildman–Crippen LogP) is 1.70. The molecule has 102 valence electrons. The lowest BCUT2D eigenvalue weighted by molar-refractivity contribution is -0.384. The zero-order valence-corrected chi connectivity index (χ0v) is 10.2. The van der Waals surface area contributed by atoms with Crippen LogP contribution in [0.1, 0.15) is 16.1 Å². The van der Waals surface area contributed by atoms with Crippen molar-refractivity contribution in [3.05, 3.63) is 58.0 Å². The molecule has 0 aliphatic rings. The van der Waals surface area contributed by atoms with E-state index in [9.17, 15) is 14.9 Å². The molecule has 0 aliphatic heterocycles. The number of nitro benzene ring substituents is 1. The van der Waals surface area contributed by atoms with Crippen LogP contribution in [0.4, 0.5) is 11.5 Å². The van der Waals surface area contributed by atoms with Gasteiger partial charge in [-0.2, -0.15) is 0 Å². The monoisotopic (exact) mass is 274 g/mol. The number of aromatic carboxylic acids is 1. The summed E-state index contributed by atoms with van der Waals surface area (Å²) in [6.07, 6.45) is 2.64. The van der Waals surface area contributed by atoms with Gasteiger partial charge in [-0.25, -0.2) is 14.8 Å². The SMILES string of the molecule is O=C(O)c1nccnc1NCc1cccc([N+](=O)[O-])c1. The number of hydrogen-bond donors (Lipinski definition) is 2. The molecule has 8 nitrogen and oxygen atoms in total. The Morgan fingerprint density at radius 2 is 2.10 bits per heavy atom. The number of hydrogen-bond acceptors (Lipinski definition) is 6. The van der Waals surface area contributed by atoms with Crippen LogP contribution in [0.5, 0.6) is 0 Å². The largest absolute Gasteiger partial charge is 0.476 e. The van der Waals surface area contributed by atoms with Gasteiger partial charge in [0.25, 0.3) is 5.69 Å². The fourth-order valence-corrected chi connectivity index (χ4v) is 1.59. The summed E-state index contributed by atoms with van der Waals surface area (Å²) in [6, 6.07) is 6.04. The Bertz CT molecular complexity index is 659. The lowest BCUT2D eigenvalue weighted by Gasteiger charge is -2.07. The summed E-state index contributed by atoms with van der Waals surface area (Å²) >= 11 is 0. The molecule has 0 spiro atoms. The van der Waals surface area contributed by atoms with E-state index >= 15 is 0 Å². The molecule has 0 aliphatic carbocycles. The van der Waals surface area contributed by atoms with Crippen LogP contribution >= 0.6 is 0 Å². The molecule has 0 saturated carbocycles. The molecular formula is C12H10N4O4. The Morgan fingerprint density at radius 3 is 2.80 bits per heavy atom. The third-order valence-corrected chi connectivity index (χ3v) is 2.48. The van der Waals surface area contributed by atoms with Gasteiger partial charge in [0.15, 0.2) is 11.5 Å². The molecule has 0 saturated heterocycles. The molecule has 20 heavy (non-hydrogen) atoms. The first-order chi connectivity index (χ1) is 9.58. The molecule has 0 radical (unpaired) electrons. The second kappa shape index (κ2) is 5.74. The van der Waals surface area contributed by atoms with E-state index in [4.69, 9.17) is 5.11 Å². The summed E-state index contributed by atoms with van der Waals surface area (Å²) in [4.78, 5) is 28.7. The third kappa shape index (κ3) is 3.05.